The molecule has 0 aliphatic heterocycles. The normalized spacial score (nSPS) is 12.8. The van der Waals surface area contributed by atoms with Crippen LogP contribution in [0.4, 0.5) is 0 Å². The number of aromatic nitrogens is 1. The predicted molar refractivity (Wildman–Crippen MR) is 74.6 cm³/mol. The van der Waals surface area contributed by atoms with Crippen molar-refractivity contribution < 1.29 is 15.0 Å². The standard InChI is InChI=1S/C15H19NO3/c1-4-8-16-9(2)13(10(3)17)11-6-5-7-12(14(11)16)15(18)19/h5-7,10,17H,4,8H2,1-3H3,(H,18,19). The molecule has 0 spiro atoms. The molecule has 0 fully saturated rings. The van der Waals surface area contributed by atoms with E-state index in [1.54, 1.807) is 19.1 Å². The Labute approximate surface area is 112 Å². The second-order valence-corrected chi connectivity index (χ2v) is 4.83. The van der Waals surface area contributed by atoms with Gasteiger partial charge in [0.05, 0.1) is 17.2 Å². The molecule has 1 heterocycles. The molecule has 1 atom stereocenters. The summed E-state index contributed by atoms with van der Waals surface area (Å²) in [6.07, 6.45) is 0.308. The van der Waals surface area contributed by atoms with E-state index >= 15 is 0 Å². The maximum atomic E-state index is 11.4. The van der Waals surface area contributed by atoms with Crippen molar-refractivity contribution in [3.63, 3.8) is 0 Å². The molecule has 102 valence electrons. The summed E-state index contributed by atoms with van der Waals surface area (Å²) in [5, 5.41) is 20.1. The zero-order valence-electron chi connectivity index (χ0n) is 11.5. The van der Waals surface area contributed by atoms with E-state index in [4.69, 9.17) is 0 Å². The Morgan fingerprint density at radius 3 is 2.63 bits per heavy atom. The van der Waals surface area contributed by atoms with Crippen LogP contribution in [0.25, 0.3) is 10.9 Å². The Balaban J connectivity index is 2.89. The van der Waals surface area contributed by atoms with Crippen LogP contribution in [0.1, 0.15) is 48.0 Å². The predicted octanol–water partition coefficient (Wildman–Crippen LogP) is 3.11. The molecule has 19 heavy (non-hydrogen) atoms. The summed E-state index contributed by atoms with van der Waals surface area (Å²) >= 11 is 0. The summed E-state index contributed by atoms with van der Waals surface area (Å²) < 4.78 is 2.00. The van der Waals surface area contributed by atoms with Gasteiger partial charge in [-0.05, 0) is 26.3 Å². The van der Waals surface area contributed by atoms with Crippen LogP contribution in [-0.4, -0.2) is 20.7 Å². The van der Waals surface area contributed by atoms with Gasteiger partial charge in [-0.15, -0.1) is 0 Å². The van der Waals surface area contributed by atoms with Gasteiger partial charge in [0.15, 0.2) is 0 Å². The fourth-order valence-corrected chi connectivity index (χ4v) is 2.76. The van der Waals surface area contributed by atoms with E-state index in [1.165, 1.54) is 0 Å². The van der Waals surface area contributed by atoms with E-state index in [9.17, 15) is 15.0 Å². The van der Waals surface area contributed by atoms with Crippen LogP contribution >= 0.6 is 0 Å². The molecule has 2 aromatic rings. The molecule has 1 aromatic heterocycles. The molecule has 0 amide bonds. The zero-order valence-corrected chi connectivity index (χ0v) is 11.5. The number of fused-ring (bicyclic) bond motifs is 1. The third-order valence-corrected chi connectivity index (χ3v) is 3.49. The van der Waals surface area contributed by atoms with E-state index in [2.05, 4.69) is 6.92 Å². The second-order valence-electron chi connectivity index (χ2n) is 4.83. The second kappa shape index (κ2) is 5.05. The van der Waals surface area contributed by atoms with Gasteiger partial charge in [0, 0.05) is 23.2 Å². The highest BCUT2D eigenvalue weighted by molar-refractivity contribution is 6.04. The lowest BCUT2D eigenvalue weighted by Crippen LogP contribution is -2.05. The Morgan fingerprint density at radius 2 is 2.11 bits per heavy atom. The molecule has 0 bridgehead atoms. The van der Waals surface area contributed by atoms with Crippen LogP contribution in [0.3, 0.4) is 0 Å². The molecular weight excluding hydrogens is 242 g/mol. The maximum Gasteiger partial charge on any atom is 0.337 e. The summed E-state index contributed by atoms with van der Waals surface area (Å²) in [5.74, 6) is -0.933. The fourth-order valence-electron chi connectivity index (χ4n) is 2.76. The number of carboxylic acids is 1. The fraction of sp³-hybridized carbons (Fsp3) is 0.400. The smallest absolute Gasteiger partial charge is 0.337 e. The summed E-state index contributed by atoms with van der Waals surface area (Å²) in [4.78, 5) is 11.4. The lowest BCUT2D eigenvalue weighted by molar-refractivity contribution is 0.0698. The monoisotopic (exact) mass is 261 g/mol. The molecule has 1 aromatic carbocycles. The first-order valence-electron chi connectivity index (χ1n) is 6.52. The van der Waals surface area contributed by atoms with Crippen LogP contribution in [-0.2, 0) is 6.54 Å². The van der Waals surface area contributed by atoms with Crippen molar-refractivity contribution in [2.45, 2.75) is 39.8 Å². The number of benzene rings is 1. The molecule has 4 nitrogen and oxygen atoms in total. The Kier molecular flexibility index (Phi) is 3.62. The van der Waals surface area contributed by atoms with E-state index in [1.807, 2.05) is 17.6 Å². The average molecular weight is 261 g/mol. The van der Waals surface area contributed by atoms with Crippen molar-refractivity contribution in [2.75, 3.05) is 0 Å². The number of aromatic carboxylic acids is 1. The minimum atomic E-state index is -0.933. The highest BCUT2D eigenvalue weighted by Gasteiger charge is 2.21. The zero-order chi connectivity index (χ0) is 14.2. The Bertz CT molecular complexity index is 626. The lowest BCUT2D eigenvalue weighted by Gasteiger charge is -2.09. The average Bonchev–Trinajstić information content (AvgIpc) is 2.62. The van der Waals surface area contributed by atoms with E-state index in [0.717, 1.165) is 29.6 Å². The number of carbonyl (C=O) groups is 1. The van der Waals surface area contributed by atoms with Gasteiger partial charge in [0.1, 0.15) is 0 Å². The molecule has 0 aliphatic rings. The minimum absolute atomic E-state index is 0.293. The lowest BCUT2D eigenvalue weighted by atomic mass is 10.0. The van der Waals surface area contributed by atoms with Gasteiger partial charge in [-0.25, -0.2) is 4.79 Å². The van der Waals surface area contributed by atoms with E-state index < -0.39 is 12.1 Å². The number of aliphatic hydroxyl groups is 1. The Morgan fingerprint density at radius 1 is 1.42 bits per heavy atom. The molecule has 0 saturated heterocycles. The van der Waals surface area contributed by atoms with Gasteiger partial charge >= 0.3 is 5.97 Å². The van der Waals surface area contributed by atoms with Gasteiger partial charge in [0.25, 0.3) is 0 Å². The number of hydrogen-bond acceptors (Lipinski definition) is 2. The number of carboxylic acid groups (broad SMARTS) is 1. The maximum absolute atomic E-state index is 11.4. The first-order chi connectivity index (χ1) is 8.99. The first-order valence-corrected chi connectivity index (χ1v) is 6.52. The van der Waals surface area contributed by atoms with Crippen molar-refractivity contribution in [2.24, 2.45) is 0 Å². The van der Waals surface area contributed by atoms with Crippen molar-refractivity contribution in [1.29, 1.82) is 0 Å². The largest absolute Gasteiger partial charge is 0.478 e. The van der Waals surface area contributed by atoms with Gasteiger partial charge < -0.3 is 14.8 Å². The van der Waals surface area contributed by atoms with Gasteiger partial charge in [-0.3, -0.25) is 0 Å². The number of aryl methyl sites for hydroxylation is 1. The first kappa shape index (κ1) is 13.6. The van der Waals surface area contributed by atoms with Gasteiger partial charge in [-0.2, -0.15) is 0 Å². The highest BCUT2D eigenvalue weighted by atomic mass is 16.4. The number of para-hydroxylation sites is 1. The quantitative estimate of drug-likeness (QED) is 0.888. The SMILES string of the molecule is CCCn1c(C)c(C(C)O)c2cccc(C(=O)O)c21. The van der Waals surface area contributed by atoms with Gasteiger partial charge in [-0.1, -0.05) is 19.1 Å². The molecule has 0 aliphatic carbocycles. The van der Waals surface area contributed by atoms with Crippen molar-refractivity contribution >= 4 is 16.9 Å². The van der Waals surface area contributed by atoms with Crippen molar-refractivity contribution in [3.05, 3.63) is 35.0 Å². The summed E-state index contributed by atoms with van der Waals surface area (Å²) in [6.45, 7) is 6.45. The number of nitrogens with zero attached hydrogens (tertiary/aromatic N) is 1. The number of hydrogen-bond donors (Lipinski definition) is 2. The summed E-state index contributed by atoms with van der Waals surface area (Å²) in [6, 6.07) is 5.22. The topological polar surface area (TPSA) is 62.5 Å². The third-order valence-electron chi connectivity index (χ3n) is 3.49. The van der Waals surface area contributed by atoms with Crippen LogP contribution < -0.4 is 0 Å². The number of aliphatic hydroxyl groups excluding tert-OH is 1. The van der Waals surface area contributed by atoms with Crippen LogP contribution in [0.15, 0.2) is 18.2 Å². The molecular formula is C15H19NO3. The van der Waals surface area contributed by atoms with E-state index in [0.29, 0.717) is 11.1 Å². The molecule has 0 radical (unpaired) electrons. The molecule has 2 rings (SSSR count). The van der Waals surface area contributed by atoms with Crippen molar-refractivity contribution in [1.82, 2.24) is 4.57 Å². The minimum Gasteiger partial charge on any atom is -0.478 e. The highest BCUT2D eigenvalue weighted by Crippen LogP contribution is 2.32. The van der Waals surface area contributed by atoms with Crippen molar-refractivity contribution in [3.8, 4) is 0 Å². The van der Waals surface area contributed by atoms with E-state index in [-0.39, 0.29) is 0 Å². The molecule has 1 unspecified atom stereocenters. The molecule has 4 heteroatoms. The third kappa shape index (κ3) is 2.12. The number of rotatable bonds is 4. The molecule has 0 saturated carbocycles. The molecule has 2 N–H and O–H groups in total. The van der Waals surface area contributed by atoms with Crippen LogP contribution in [0.5, 0.6) is 0 Å². The summed E-state index contributed by atoms with van der Waals surface area (Å²) in [5.41, 5.74) is 2.78. The van der Waals surface area contributed by atoms with Crippen LogP contribution in [0, 0.1) is 6.92 Å². The Hall–Kier alpha value is -1.81. The van der Waals surface area contributed by atoms with Gasteiger partial charge in [0.2, 0.25) is 0 Å². The summed E-state index contributed by atoms with van der Waals surface area (Å²) in [7, 11) is 0. The van der Waals surface area contributed by atoms with Crippen LogP contribution in [0.2, 0.25) is 0 Å².